The molecule has 3 heterocycles. The second-order valence-electron chi connectivity index (χ2n) is 6.88. The van der Waals surface area contributed by atoms with Gasteiger partial charge in [0.25, 0.3) is 0 Å². The third-order valence-electron chi connectivity index (χ3n) is 4.86. The quantitative estimate of drug-likeness (QED) is 0.669. The largest absolute Gasteiger partial charge is 0.492 e. The molecule has 9 nitrogen and oxygen atoms in total. The van der Waals surface area contributed by atoms with Crippen molar-refractivity contribution in [2.45, 2.75) is 4.90 Å². The van der Waals surface area contributed by atoms with Crippen LogP contribution in [0.5, 0.6) is 17.2 Å². The zero-order valence-corrected chi connectivity index (χ0v) is 17.0. The molecule has 0 saturated carbocycles. The minimum atomic E-state index is -3.50. The van der Waals surface area contributed by atoms with E-state index in [2.05, 4.69) is 15.2 Å². The molecule has 0 amide bonds. The third-order valence-corrected chi connectivity index (χ3v) is 6.74. The molecule has 10 heteroatoms. The van der Waals surface area contributed by atoms with Crippen LogP contribution in [0, 0.1) is 0 Å². The maximum absolute atomic E-state index is 12.7. The number of anilines is 1. The fraction of sp³-hybridized carbons (Fsp3) is 0.421. The summed E-state index contributed by atoms with van der Waals surface area (Å²) in [5.41, 5.74) is 0. The van der Waals surface area contributed by atoms with Gasteiger partial charge >= 0.3 is 0 Å². The van der Waals surface area contributed by atoms with Gasteiger partial charge in [-0.15, -0.1) is 0 Å². The normalized spacial score (nSPS) is 17.3. The molecule has 2 aromatic rings. The number of nitrogens with one attached hydrogen (secondary N) is 1. The van der Waals surface area contributed by atoms with E-state index in [9.17, 15) is 8.42 Å². The summed E-state index contributed by atoms with van der Waals surface area (Å²) in [5, 5.41) is 3.12. The van der Waals surface area contributed by atoms with E-state index in [-0.39, 0.29) is 11.7 Å². The predicted octanol–water partition coefficient (Wildman–Crippen LogP) is 1.24. The van der Waals surface area contributed by atoms with Crippen molar-refractivity contribution >= 4 is 15.8 Å². The molecule has 0 unspecified atom stereocenters. The number of hydrogen-bond acceptors (Lipinski definition) is 8. The number of fused-ring (bicyclic) bond motifs is 1. The Kier molecular flexibility index (Phi) is 5.74. The lowest BCUT2D eigenvalue weighted by molar-refractivity contribution is 0.174. The summed E-state index contributed by atoms with van der Waals surface area (Å²) in [7, 11) is -1.51. The highest BCUT2D eigenvalue weighted by atomic mass is 32.2. The van der Waals surface area contributed by atoms with E-state index in [4.69, 9.17) is 14.2 Å². The lowest BCUT2D eigenvalue weighted by atomic mass is 10.3. The van der Waals surface area contributed by atoms with Crippen molar-refractivity contribution in [3.8, 4) is 17.2 Å². The van der Waals surface area contributed by atoms with E-state index in [1.54, 1.807) is 18.2 Å². The Morgan fingerprint density at radius 3 is 2.66 bits per heavy atom. The molecule has 0 bridgehead atoms. The monoisotopic (exact) mass is 420 g/mol. The van der Waals surface area contributed by atoms with Crippen LogP contribution >= 0.6 is 0 Å². The molecule has 0 radical (unpaired) electrons. The number of benzene rings is 1. The van der Waals surface area contributed by atoms with Gasteiger partial charge in [0, 0.05) is 38.4 Å². The Labute approximate surface area is 170 Å². The van der Waals surface area contributed by atoms with E-state index in [1.165, 1.54) is 10.5 Å². The van der Waals surface area contributed by atoms with Crippen molar-refractivity contribution < 1.29 is 22.6 Å². The summed E-state index contributed by atoms with van der Waals surface area (Å²) < 4.78 is 43.2. The number of piperazine rings is 1. The molecule has 1 fully saturated rings. The van der Waals surface area contributed by atoms with E-state index in [0.717, 1.165) is 13.1 Å². The standard InChI is InChI=1S/C19H24N4O5S/c1-22-7-9-23(10-8-22)29(24,25)16-3-5-19(21-13-16)20-6-11-26-15-2-4-17-18(12-15)28-14-27-17/h2-5,12-13H,6-11,14H2,1H3,(H,20,21). The molecule has 29 heavy (non-hydrogen) atoms. The number of sulfonamides is 1. The van der Waals surface area contributed by atoms with Crippen molar-refractivity contribution in [2.75, 3.05) is 58.5 Å². The lowest BCUT2D eigenvalue weighted by Gasteiger charge is -2.31. The molecule has 0 aliphatic carbocycles. The van der Waals surface area contributed by atoms with Gasteiger partial charge in [0.1, 0.15) is 23.1 Å². The minimum absolute atomic E-state index is 0.212. The van der Waals surface area contributed by atoms with Crippen LogP contribution in [-0.4, -0.2) is 75.8 Å². The van der Waals surface area contributed by atoms with Crippen LogP contribution in [0.2, 0.25) is 0 Å². The maximum Gasteiger partial charge on any atom is 0.244 e. The van der Waals surface area contributed by atoms with E-state index in [1.807, 2.05) is 19.2 Å². The summed E-state index contributed by atoms with van der Waals surface area (Å²) in [6.07, 6.45) is 1.40. The molecular weight excluding hydrogens is 396 g/mol. The van der Waals surface area contributed by atoms with Gasteiger partial charge in [0.2, 0.25) is 16.8 Å². The number of hydrogen-bond donors (Lipinski definition) is 1. The van der Waals surface area contributed by atoms with E-state index in [0.29, 0.717) is 49.3 Å². The molecule has 1 aromatic carbocycles. The number of likely N-dealkylation sites (N-methyl/N-ethyl adjacent to an activating group) is 1. The zero-order chi connectivity index (χ0) is 20.3. The molecule has 2 aliphatic rings. The topological polar surface area (TPSA) is 93.2 Å². The Hall–Kier alpha value is -2.56. The van der Waals surface area contributed by atoms with Gasteiger partial charge in [-0.25, -0.2) is 13.4 Å². The van der Waals surface area contributed by atoms with Gasteiger partial charge in [-0.2, -0.15) is 4.31 Å². The fourth-order valence-corrected chi connectivity index (χ4v) is 4.50. The highest BCUT2D eigenvalue weighted by molar-refractivity contribution is 7.89. The number of ether oxygens (including phenoxy) is 3. The first-order chi connectivity index (χ1) is 14.0. The van der Waals surface area contributed by atoms with E-state index < -0.39 is 10.0 Å². The van der Waals surface area contributed by atoms with Crippen LogP contribution in [0.15, 0.2) is 41.4 Å². The van der Waals surface area contributed by atoms with E-state index >= 15 is 0 Å². The number of rotatable bonds is 7. The average Bonchev–Trinajstić information content (AvgIpc) is 3.20. The second-order valence-corrected chi connectivity index (χ2v) is 8.81. The van der Waals surface area contributed by atoms with Crippen molar-refractivity contribution in [2.24, 2.45) is 0 Å². The molecule has 0 atom stereocenters. The van der Waals surface area contributed by atoms with Gasteiger partial charge in [-0.1, -0.05) is 0 Å². The smallest absolute Gasteiger partial charge is 0.244 e. The highest BCUT2D eigenvalue weighted by Gasteiger charge is 2.27. The second kappa shape index (κ2) is 8.44. The van der Waals surface area contributed by atoms with Gasteiger partial charge in [0.15, 0.2) is 11.5 Å². The Balaban J connectivity index is 1.27. The lowest BCUT2D eigenvalue weighted by Crippen LogP contribution is -2.47. The summed E-state index contributed by atoms with van der Waals surface area (Å²) in [4.78, 5) is 6.55. The average molecular weight is 420 g/mol. The van der Waals surface area contributed by atoms with Gasteiger partial charge < -0.3 is 24.4 Å². The Morgan fingerprint density at radius 1 is 1.10 bits per heavy atom. The molecule has 2 aliphatic heterocycles. The number of aromatic nitrogens is 1. The molecule has 1 aromatic heterocycles. The Bertz CT molecular complexity index is 944. The summed E-state index contributed by atoms with van der Waals surface area (Å²) in [5.74, 6) is 2.68. The van der Waals surface area contributed by atoms with Gasteiger partial charge in [-0.3, -0.25) is 0 Å². The number of pyridine rings is 1. The zero-order valence-electron chi connectivity index (χ0n) is 16.2. The third kappa shape index (κ3) is 4.55. The highest BCUT2D eigenvalue weighted by Crippen LogP contribution is 2.35. The summed E-state index contributed by atoms with van der Waals surface area (Å²) >= 11 is 0. The first-order valence-electron chi connectivity index (χ1n) is 9.43. The fourth-order valence-electron chi connectivity index (χ4n) is 3.13. The first kappa shape index (κ1) is 19.7. The minimum Gasteiger partial charge on any atom is -0.492 e. The Morgan fingerprint density at radius 2 is 1.90 bits per heavy atom. The van der Waals surface area contributed by atoms with Crippen LogP contribution in [0.3, 0.4) is 0 Å². The van der Waals surface area contributed by atoms with Crippen molar-refractivity contribution in [3.63, 3.8) is 0 Å². The summed E-state index contributed by atoms with van der Waals surface area (Å²) in [6.45, 7) is 3.62. The first-order valence-corrected chi connectivity index (χ1v) is 10.9. The molecular formula is C19H24N4O5S. The van der Waals surface area contributed by atoms with Gasteiger partial charge in [-0.05, 0) is 31.3 Å². The summed E-state index contributed by atoms with van der Waals surface area (Å²) in [6, 6.07) is 8.68. The SMILES string of the molecule is CN1CCN(S(=O)(=O)c2ccc(NCCOc3ccc4c(c3)OCO4)nc2)CC1. The maximum atomic E-state index is 12.7. The van der Waals surface area contributed by atoms with Gasteiger partial charge in [0.05, 0.1) is 6.54 Å². The molecule has 0 spiro atoms. The van der Waals surface area contributed by atoms with Crippen LogP contribution in [0.25, 0.3) is 0 Å². The van der Waals surface area contributed by atoms with Crippen molar-refractivity contribution in [3.05, 3.63) is 36.5 Å². The molecule has 4 rings (SSSR count). The predicted molar refractivity (Wildman–Crippen MR) is 107 cm³/mol. The van der Waals surface area contributed by atoms with Crippen LogP contribution < -0.4 is 19.5 Å². The molecule has 156 valence electrons. The van der Waals surface area contributed by atoms with Crippen molar-refractivity contribution in [1.29, 1.82) is 0 Å². The number of nitrogens with zero attached hydrogens (tertiary/aromatic N) is 3. The van der Waals surface area contributed by atoms with Crippen molar-refractivity contribution in [1.82, 2.24) is 14.2 Å². The molecule has 1 N–H and O–H groups in total. The molecule has 1 saturated heterocycles. The van der Waals surface area contributed by atoms with Crippen LogP contribution in [0.4, 0.5) is 5.82 Å². The van der Waals surface area contributed by atoms with Crippen LogP contribution in [-0.2, 0) is 10.0 Å². The van der Waals surface area contributed by atoms with Crippen LogP contribution in [0.1, 0.15) is 0 Å².